The fourth-order valence-corrected chi connectivity index (χ4v) is 3.01. The minimum atomic E-state index is -0.401. The summed E-state index contributed by atoms with van der Waals surface area (Å²) < 4.78 is 5.36. The van der Waals surface area contributed by atoms with Crippen LogP contribution in [0.25, 0.3) is 0 Å². The van der Waals surface area contributed by atoms with Crippen LogP contribution < -0.4 is 15.5 Å². The number of hydrogen-bond acceptors (Lipinski definition) is 5. The normalized spacial score (nSPS) is 10.5. The molecule has 2 amide bonds. The van der Waals surface area contributed by atoms with E-state index in [1.54, 1.807) is 37.7 Å². The third-order valence-corrected chi connectivity index (χ3v) is 4.10. The third kappa shape index (κ3) is 5.10. The number of rotatable bonds is 6. The van der Waals surface area contributed by atoms with Crippen molar-refractivity contribution in [1.82, 2.24) is 10.4 Å². The van der Waals surface area contributed by atoms with Crippen molar-refractivity contribution in [1.29, 1.82) is 0 Å². The van der Waals surface area contributed by atoms with Gasteiger partial charge in [0, 0.05) is 19.1 Å². The van der Waals surface area contributed by atoms with E-state index in [4.69, 9.17) is 27.9 Å². The molecule has 2 N–H and O–H groups in total. The summed E-state index contributed by atoms with van der Waals surface area (Å²) in [6.07, 6.45) is 0. The van der Waals surface area contributed by atoms with E-state index in [0.717, 1.165) is 0 Å². The summed E-state index contributed by atoms with van der Waals surface area (Å²) in [7, 11) is 3.40. The van der Waals surface area contributed by atoms with Gasteiger partial charge >= 0.3 is 0 Å². The lowest BCUT2D eigenvalue weighted by atomic mass is 10.3. The Labute approximate surface area is 153 Å². The lowest BCUT2D eigenvalue weighted by molar-refractivity contribution is -0.118. The lowest BCUT2D eigenvalue weighted by Crippen LogP contribution is -2.36. The number of halogens is 2. The number of hydrogen-bond donors (Lipinski definition) is 2. The van der Waals surface area contributed by atoms with Crippen LogP contribution in [-0.4, -0.2) is 37.5 Å². The Bertz CT molecular complexity index is 749. The summed E-state index contributed by atoms with van der Waals surface area (Å²) in [5.74, 6) is -0.353. The average molecular weight is 388 g/mol. The second kappa shape index (κ2) is 8.34. The van der Waals surface area contributed by atoms with Gasteiger partial charge in [0.15, 0.2) is 6.61 Å². The first kappa shape index (κ1) is 18.5. The number of carbonyl (C=O) groups is 2. The number of ether oxygens (including phenoxy) is 1. The van der Waals surface area contributed by atoms with Crippen molar-refractivity contribution in [2.45, 2.75) is 0 Å². The summed E-state index contributed by atoms with van der Waals surface area (Å²) >= 11 is 13.0. The first-order chi connectivity index (χ1) is 11.4. The third-order valence-electron chi connectivity index (χ3n) is 2.74. The molecular weight excluding hydrogens is 373 g/mol. The molecule has 0 aliphatic carbocycles. The quantitative estimate of drug-likeness (QED) is 0.746. The second-order valence-electron chi connectivity index (χ2n) is 4.91. The van der Waals surface area contributed by atoms with Crippen molar-refractivity contribution in [3.8, 4) is 5.75 Å². The Morgan fingerprint density at radius 3 is 2.67 bits per heavy atom. The molecule has 2 rings (SSSR count). The monoisotopic (exact) mass is 387 g/mol. The van der Waals surface area contributed by atoms with Gasteiger partial charge in [-0.15, -0.1) is 11.3 Å². The maximum absolute atomic E-state index is 12.0. The van der Waals surface area contributed by atoms with Gasteiger partial charge in [-0.05, 0) is 29.6 Å². The van der Waals surface area contributed by atoms with E-state index in [1.165, 1.54) is 22.4 Å². The van der Waals surface area contributed by atoms with Gasteiger partial charge in [0.25, 0.3) is 11.8 Å². The Morgan fingerprint density at radius 2 is 2.00 bits per heavy atom. The molecule has 128 valence electrons. The molecule has 24 heavy (non-hydrogen) atoms. The number of hydrazine groups is 1. The highest BCUT2D eigenvalue weighted by atomic mass is 35.5. The predicted octanol–water partition coefficient (Wildman–Crippen LogP) is 3.28. The molecule has 0 aliphatic heterocycles. The highest BCUT2D eigenvalue weighted by Crippen LogP contribution is 2.27. The molecule has 0 saturated heterocycles. The zero-order valence-electron chi connectivity index (χ0n) is 12.9. The molecular formula is C15H15Cl2N3O3S. The summed E-state index contributed by atoms with van der Waals surface area (Å²) in [5.41, 5.74) is 3.00. The van der Waals surface area contributed by atoms with Gasteiger partial charge in [-0.2, -0.15) is 0 Å². The maximum Gasteiger partial charge on any atom is 0.268 e. The number of nitrogens with one attached hydrogen (secondary N) is 2. The minimum absolute atomic E-state index is 0.242. The number of thiophene rings is 1. The molecule has 0 bridgehead atoms. The number of amides is 2. The van der Waals surface area contributed by atoms with E-state index in [9.17, 15) is 9.59 Å². The molecule has 1 heterocycles. The zero-order valence-corrected chi connectivity index (χ0v) is 15.3. The van der Waals surface area contributed by atoms with E-state index in [1.807, 2.05) is 0 Å². The van der Waals surface area contributed by atoms with Crippen LogP contribution in [0.4, 0.5) is 5.00 Å². The van der Waals surface area contributed by atoms with Crippen LogP contribution in [0.2, 0.25) is 10.0 Å². The van der Waals surface area contributed by atoms with E-state index < -0.39 is 5.91 Å². The molecule has 1 aromatic carbocycles. The Morgan fingerprint density at radius 1 is 1.25 bits per heavy atom. The summed E-state index contributed by atoms with van der Waals surface area (Å²) in [5, 5.41) is 7.14. The topological polar surface area (TPSA) is 70.7 Å². The van der Waals surface area contributed by atoms with Crippen molar-refractivity contribution >= 4 is 51.4 Å². The number of nitrogens with zero attached hydrogens (tertiary/aromatic N) is 1. The van der Waals surface area contributed by atoms with E-state index in [0.29, 0.717) is 26.4 Å². The van der Waals surface area contributed by atoms with Gasteiger partial charge in [-0.25, -0.2) is 5.01 Å². The molecule has 0 unspecified atom stereocenters. The summed E-state index contributed by atoms with van der Waals surface area (Å²) in [6.45, 7) is -0.242. The summed E-state index contributed by atoms with van der Waals surface area (Å²) in [4.78, 5) is 24.0. The van der Waals surface area contributed by atoms with Crippen LogP contribution in [0, 0.1) is 0 Å². The van der Waals surface area contributed by atoms with E-state index in [2.05, 4.69) is 10.7 Å². The first-order valence-electron chi connectivity index (χ1n) is 6.80. The molecule has 0 spiro atoms. The van der Waals surface area contributed by atoms with Crippen LogP contribution in [-0.2, 0) is 4.79 Å². The largest absolute Gasteiger partial charge is 0.482 e. The smallest absolute Gasteiger partial charge is 0.268 e. The fraction of sp³-hybridized carbons (Fsp3) is 0.200. The lowest BCUT2D eigenvalue weighted by Gasteiger charge is -2.12. The predicted molar refractivity (Wildman–Crippen MR) is 96.1 cm³/mol. The summed E-state index contributed by atoms with van der Waals surface area (Å²) in [6, 6.07) is 6.36. The standard InChI is InChI=1S/C15H15Cl2N3O3S/c1-20(2)19-14(22)10-5-6-24-15(10)18-13(21)8-23-12-4-3-9(16)7-11(12)17/h3-7H,8H2,1-2H3,(H,18,21)(H,19,22). The van der Waals surface area contributed by atoms with Crippen LogP contribution in [0.1, 0.15) is 10.4 Å². The van der Waals surface area contributed by atoms with Gasteiger partial charge in [-0.1, -0.05) is 23.2 Å². The fourth-order valence-electron chi connectivity index (χ4n) is 1.75. The van der Waals surface area contributed by atoms with Gasteiger partial charge < -0.3 is 10.1 Å². The molecule has 9 heteroatoms. The van der Waals surface area contributed by atoms with Gasteiger partial charge in [0.2, 0.25) is 0 Å². The van der Waals surface area contributed by atoms with E-state index >= 15 is 0 Å². The Kier molecular flexibility index (Phi) is 6.44. The second-order valence-corrected chi connectivity index (χ2v) is 6.67. The molecule has 0 radical (unpaired) electrons. The minimum Gasteiger partial charge on any atom is -0.482 e. The van der Waals surface area contributed by atoms with Crippen molar-refractivity contribution in [3.63, 3.8) is 0 Å². The molecule has 1 aromatic heterocycles. The zero-order chi connectivity index (χ0) is 17.7. The highest BCUT2D eigenvalue weighted by molar-refractivity contribution is 7.14. The SMILES string of the molecule is CN(C)NC(=O)c1ccsc1NC(=O)COc1ccc(Cl)cc1Cl. The molecule has 0 saturated carbocycles. The number of carbonyl (C=O) groups excluding carboxylic acids is 2. The van der Waals surface area contributed by atoms with Crippen molar-refractivity contribution in [3.05, 3.63) is 45.3 Å². The highest BCUT2D eigenvalue weighted by Gasteiger charge is 2.16. The molecule has 0 aliphatic rings. The first-order valence-corrected chi connectivity index (χ1v) is 8.44. The molecule has 2 aromatic rings. The number of benzene rings is 1. The Hall–Kier alpha value is -1.80. The average Bonchev–Trinajstić information content (AvgIpc) is 2.93. The molecule has 0 atom stereocenters. The maximum atomic E-state index is 12.0. The van der Waals surface area contributed by atoms with Crippen LogP contribution in [0.15, 0.2) is 29.6 Å². The molecule has 0 fully saturated rings. The van der Waals surface area contributed by atoms with Crippen molar-refractivity contribution in [2.24, 2.45) is 0 Å². The Balaban J connectivity index is 1.96. The van der Waals surface area contributed by atoms with Crippen molar-refractivity contribution in [2.75, 3.05) is 26.0 Å². The van der Waals surface area contributed by atoms with Crippen molar-refractivity contribution < 1.29 is 14.3 Å². The van der Waals surface area contributed by atoms with Gasteiger partial charge in [0.1, 0.15) is 10.8 Å². The van der Waals surface area contributed by atoms with Gasteiger partial charge in [0.05, 0.1) is 10.6 Å². The number of anilines is 1. The molecule has 6 nitrogen and oxygen atoms in total. The van der Waals surface area contributed by atoms with Crippen LogP contribution in [0.3, 0.4) is 0 Å². The van der Waals surface area contributed by atoms with Crippen LogP contribution in [0.5, 0.6) is 5.75 Å². The van der Waals surface area contributed by atoms with Gasteiger partial charge in [-0.3, -0.25) is 15.0 Å². The van der Waals surface area contributed by atoms with E-state index in [-0.39, 0.29) is 12.5 Å². The van der Waals surface area contributed by atoms with Crippen LogP contribution >= 0.6 is 34.5 Å².